The average Bonchev–Trinajstić information content (AvgIpc) is 2.53. The number of rotatable bonds is 8. The number of carbonyl (C=O) groups is 1. The van der Waals surface area contributed by atoms with E-state index in [1.54, 1.807) is 25.1 Å². The average molecular weight is 304 g/mol. The lowest BCUT2D eigenvalue weighted by Crippen LogP contribution is -2.43. The number of hydrogen-bond acceptors (Lipinski definition) is 4. The highest BCUT2D eigenvalue weighted by molar-refractivity contribution is 5.97. The van der Waals surface area contributed by atoms with Crippen LogP contribution >= 0.6 is 0 Å². The Morgan fingerprint density at radius 1 is 1.36 bits per heavy atom. The Labute approximate surface area is 132 Å². The molecule has 1 N–H and O–H groups in total. The first-order valence-electron chi connectivity index (χ1n) is 7.54. The summed E-state index contributed by atoms with van der Waals surface area (Å²) in [5.41, 5.74) is 0.0778. The highest BCUT2D eigenvalue weighted by atomic mass is 16.5. The van der Waals surface area contributed by atoms with Crippen molar-refractivity contribution in [3.05, 3.63) is 23.8 Å². The van der Waals surface area contributed by atoms with E-state index in [0.29, 0.717) is 30.0 Å². The van der Waals surface area contributed by atoms with Crippen molar-refractivity contribution in [2.24, 2.45) is 0 Å². The second-order valence-corrected chi connectivity index (χ2v) is 5.31. The molecule has 5 nitrogen and oxygen atoms in total. The minimum absolute atomic E-state index is 0.197. The molecule has 0 saturated carbocycles. The fraction of sp³-hybridized carbons (Fsp3) is 0.529. The van der Waals surface area contributed by atoms with Crippen molar-refractivity contribution < 1.29 is 14.3 Å². The number of benzene rings is 1. The van der Waals surface area contributed by atoms with E-state index >= 15 is 0 Å². The summed E-state index contributed by atoms with van der Waals surface area (Å²) in [5.74, 6) is 0.288. The molecule has 0 aliphatic carbocycles. The van der Waals surface area contributed by atoms with Crippen LogP contribution in [0.4, 0.5) is 5.69 Å². The van der Waals surface area contributed by atoms with Crippen LogP contribution in [0.1, 0.15) is 45.6 Å². The van der Waals surface area contributed by atoms with Crippen molar-refractivity contribution >= 4 is 11.6 Å². The van der Waals surface area contributed by atoms with Crippen LogP contribution in [0, 0.1) is 11.3 Å². The second-order valence-electron chi connectivity index (χ2n) is 5.31. The van der Waals surface area contributed by atoms with Gasteiger partial charge in [-0.3, -0.25) is 4.79 Å². The summed E-state index contributed by atoms with van der Waals surface area (Å²) in [6.45, 7) is 6.36. The number of carbonyl (C=O) groups excluding carboxylic acids is 1. The van der Waals surface area contributed by atoms with Crippen molar-refractivity contribution in [1.29, 1.82) is 5.26 Å². The first-order valence-corrected chi connectivity index (χ1v) is 7.54. The Kier molecular flexibility index (Phi) is 6.87. The molecular weight excluding hydrogens is 280 g/mol. The van der Waals surface area contributed by atoms with Crippen LogP contribution in [-0.4, -0.2) is 25.2 Å². The Morgan fingerprint density at radius 3 is 2.64 bits per heavy atom. The monoisotopic (exact) mass is 304 g/mol. The van der Waals surface area contributed by atoms with E-state index in [4.69, 9.17) is 14.7 Å². The number of anilines is 1. The minimum Gasteiger partial charge on any atom is -0.495 e. The zero-order chi connectivity index (χ0) is 16.6. The molecule has 0 saturated heterocycles. The standard InChI is InChI=1S/C17H24N2O3/c1-5-9-17(3,22-10-6-2)16(20)19-14-7-8-15(21-4)13(11-14)12-18/h7-8,11H,5-6,9-10H2,1-4H3,(H,19,20). The number of nitrogens with one attached hydrogen (secondary N) is 1. The predicted octanol–water partition coefficient (Wildman–Crippen LogP) is 3.49. The fourth-order valence-electron chi connectivity index (χ4n) is 2.19. The first-order chi connectivity index (χ1) is 10.5. The smallest absolute Gasteiger partial charge is 0.256 e. The van der Waals surface area contributed by atoms with Gasteiger partial charge < -0.3 is 14.8 Å². The molecule has 1 unspecified atom stereocenters. The van der Waals surface area contributed by atoms with E-state index in [0.717, 1.165) is 12.8 Å². The molecule has 0 aliphatic heterocycles. The molecule has 0 fully saturated rings. The topological polar surface area (TPSA) is 71.3 Å². The van der Waals surface area contributed by atoms with Crippen LogP contribution in [0.5, 0.6) is 5.75 Å². The van der Waals surface area contributed by atoms with Gasteiger partial charge >= 0.3 is 0 Å². The number of methoxy groups -OCH3 is 1. The van der Waals surface area contributed by atoms with Crippen molar-refractivity contribution in [2.75, 3.05) is 19.0 Å². The third kappa shape index (κ3) is 4.47. The summed E-state index contributed by atoms with van der Waals surface area (Å²) in [5, 5.41) is 11.9. The van der Waals surface area contributed by atoms with Gasteiger partial charge in [-0.2, -0.15) is 5.26 Å². The summed E-state index contributed by atoms with van der Waals surface area (Å²) in [7, 11) is 1.51. The molecule has 0 bridgehead atoms. The Bertz CT molecular complexity index is 551. The molecule has 1 atom stereocenters. The lowest BCUT2D eigenvalue weighted by molar-refractivity contribution is -0.140. The van der Waals surface area contributed by atoms with Gasteiger partial charge in [0.15, 0.2) is 0 Å². The maximum Gasteiger partial charge on any atom is 0.256 e. The van der Waals surface area contributed by atoms with Gasteiger partial charge in [-0.1, -0.05) is 20.3 Å². The SMILES string of the molecule is CCCOC(C)(CCC)C(=O)Nc1ccc(OC)c(C#N)c1. The van der Waals surface area contributed by atoms with Crippen molar-refractivity contribution in [1.82, 2.24) is 0 Å². The Morgan fingerprint density at radius 2 is 2.09 bits per heavy atom. The molecule has 5 heteroatoms. The second kappa shape index (κ2) is 8.40. The van der Waals surface area contributed by atoms with E-state index in [9.17, 15) is 4.79 Å². The number of ether oxygens (including phenoxy) is 2. The van der Waals surface area contributed by atoms with E-state index < -0.39 is 5.60 Å². The molecule has 0 spiro atoms. The van der Waals surface area contributed by atoms with E-state index in [1.165, 1.54) is 7.11 Å². The van der Waals surface area contributed by atoms with Crippen LogP contribution in [0.25, 0.3) is 0 Å². The van der Waals surface area contributed by atoms with Crippen LogP contribution in [0.2, 0.25) is 0 Å². The quantitative estimate of drug-likeness (QED) is 0.798. The van der Waals surface area contributed by atoms with Gasteiger partial charge in [-0.25, -0.2) is 0 Å². The predicted molar refractivity (Wildman–Crippen MR) is 85.9 cm³/mol. The first kappa shape index (κ1) is 18.0. The molecule has 120 valence electrons. The van der Waals surface area contributed by atoms with Crippen LogP contribution < -0.4 is 10.1 Å². The lowest BCUT2D eigenvalue weighted by Gasteiger charge is -2.28. The van der Waals surface area contributed by atoms with E-state index in [-0.39, 0.29) is 5.91 Å². The fourth-order valence-corrected chi connectivity index (χ4v) is 2.19. The molecule has 22 heavy (non-hydrogen) atoms. The highest BCUT2D eigenvalue weighted by Gasteiger charge is 2.33. The largest absolute Gasteiger partial charge is 0.495 e. The number of nitrogens with zero attached hydrogens (tertiary/aromatic N) is 1. The summed E-state index contributed by atoms with van der Waals surface area (Å²) in [6, 6.07) is 7.03. The van der Waals surface area contributed by atoms with E-state index in [1.807, 2.05) is 13.8 Å². The van der Waals surface area contributed by atoms with Crippen molar-refractivity contribution in [3.63, 3.8) is 0 Å². The Balaban J connectivity index is 2.92. The summed E-state index contributed by atoms with van der Waals surface area (Å²) in [4.78, 5) is 12.5. The minimum atomic E-state index is -0.864. The summed E-state index contributed by atoms with van der Waals surface area (Å²) in [6.07, 6.45) is 2.34. The molecule has 1 aromatic rings. The van der Waals surface area contributed by atoms with Crippen LogP contribution in [-0.2, 0) is 9.53 Å². The lowest BCUT2D eigenvalue weighted by atomic mass is 9.98. The Hall–Kier alpha value is -2.06. The van der Waals surface area contributed by atoms with Gasteiger partial charge in [-0.15, -0.1) is 0 Å². The van der Waals surface area contributed by atoms with Crippen molar-refractivity contribution in [3.8, 4) is 11.8 Å². The maximum absolute atomic E-state index is 12.5. The zero-order valence-corrected chi connectivity index (χ0v) is 13.7. The normalized spacial score (nSPS) is 13.0. The molecule has 0 aromatic heterocycles. The number of amides is 1. The van der Waals surface area contributed by atoms with Gasteiger partial charge in [0.1, 0.15) is 17.4 Å². The van der Waals surface area contributed by atoms with Gasteiger partial charge in [-0.05, 0) is 38.0 Å². The number of hydrogen-bond donors (Lipinski definition) is 1. The van der Waals surface area contributed by atoms with Gasteiger partial charge in [0.25, 0.3) is 5.91 Å². The molecule has 1 aromatic carbocycles. The molecular formula is C17H24N2O3. The third-order valence-electron chi connectivity index (χ3n) is 3.41. The maximum atomic E-state index is 12.5. The highest BCUT2D eigenvalue weighted by Crippen LogP contribution is 2.24. The summed E-state index contributed by atoms with van der Waals surface area (Å²) >= 11 is 0. The molecule has 0 heterocycles. The molecule has 1 rings (SSSR count). The molecule has 0 aliphatic rings. The van der Waals surface area contributed by atoms with Crippen LogP contribution in [0.15, 0.2) is 18.2 Å². The van der Waals surface area contributed by atoms with Crippen molar-refractivity contribution in [2.45, 2.75) is 45.6 Å². The number of nitriles is 1. The van der Waals surface area contributed by atoms with Gasteiger partial charge in [0.05, 0.1) is 12.7 Å². The molecule has 1 amide bonds. The van der Waals surface area contributed by atoms with Crippen LogP contribution in [0.3, 0.4) is 0 Å². The third-order valence-corrected chi connectivity index (χ3v) is 3.41. The van der Waals surface area contributed by atoms with E-state index in [2.05, 4.69) is 11.4 Å². The summed E-state index contributed by atoms with van der Waals surface area (Å²) < 4.78 is 10.8. The molecule has 0 radical (unpaired) electrons. The zero-order valence-electron chi connectivity index (χ0n) is 13.7. The van der Waals surface area contributed by atoms with Gasteiger partial charge in [0, 0.05) is 12.3 Å². The van der Waals surface area contributed by atoms with Gasteiger partial charge in [0.2, 0.25) is 0 Å².